The van der Waals surface area contributed by atoms with Crippen LogP contribution in [0, 0.1) is 0 Å². The summed E-state index contributed by atoms with van der Waals surface area (Å²) in [5.74, 6) is 1.18. The highest BCUT2D eigenvalue weighted by Crippen LogP contribution is 2.24. The molecule has 1 aliphatic rings. The van der Waals surface area contributed by atoms with Gasteiger partial charge in [0.25, 0.3) is 0 Å². The van der Waals surface area contributed by atoms with Gasteiger partial charge in [-0.2, -0.15) is 5.10 Å². The van der Waals surface area contributed by atoms with Gasteiger partial charge in [0.1, 0.15) is 0 Å². The van der Waals surface area contributed by atoms with Crippen molar-refractivity contribution in [2.45, 2.75) is 32.0 Å². The summed E-state index contributed by atoms with van der Waals surface area (Å²) in [6.45, 7) is 2.61. The molecular formula is C17H18ClN5O. The van der Waals surface area contributed by atoms with Crippen LogP contribution in [0.2, 0.25) is 5.02 Å². The normalized spacial score (nSPS) is 18.3. The molecule has 1 atom stereocenters. The Kier molecular flexibility index (Phi) is 4.32. The molecule has 1 aliphatic heterocycles. The Hall–Kier alpha value is -2.18. The van der Waals surface area contributed by atoms with Crippen molar-refractivity contribution in [3.63, 3.8) is 0 Å². The van der Waals surface area contributed by atoms with Crippen molar-refractivity contribution < 1.29 is 4.42 Å². The molecule has 1 saturated heterocycles. The molecule has 0 N–H and O–H groups in total. The van der Waals surface area contributed by atoms with E-state index >= 15 is 0 Å². The van der Waals surface area contributed by atoms with E-state index in [-0.39, 0.29) is 0 Å². The highest BCUT2D eigenvalue weighted by atomic mass is 35.5. The maximum atomic E-state index is 5.91. The molecule has 6 nitrogen and oxygen atoms in total. The summed E-state index contributed by atoms with van der Waals surface area (Å²) >= 11 is 5.91. The summed E-state index contributed by atoms with van der Waals surface area (Å²) in [5.41, 5.74) is 0.882. The second kappa shape index (κ2) is 6.75. The second-order valence-corrected chi connectivity index (χ2v) is 6.44. The average molecular weight is 344 g/mol. The molecule has 0 spiro atoms. The van der Waals surface area contributed by atoms with E-state index in [9.17, 15) is 0 Å². The summed E-state index contributed by atoms with van der Waals surface area (Å²) in [4.78, 5) is 2.39. The number of likely N-dealkylation sites (tertiary alicyclic amines) is 1. The zero-order valence-corrected chi connectivity index (χ0v) is 13.9. The molecule has 24 heavy (non-hydrogen) atoms. The van der Waals surface area contributed by atoms with Gasteiger partial charge in [0.05, 0.1) is 13.1 Å². The average Bonchev–Trinajstić information content (AvgIpc) is 3.32. The predicted octanol–water partition coefficient (Wildman–Crippen LogP) is 3.25. The van der Waals surface area contributed by atoms with Crippen molar-refractivity contribution in [3.8, 4) is 11.5 Å². The molecule has 0 amide bonds. The van der Waals surface area contributed by atoms with Crippen LogP contribution in [0.25, 0.3) is 11.5 Å². The van der Waals surface area contributed by atoms with Gasteiger partial charge in [-0.15, -0.1) is 10.2 Å². The van der Waals surface area contributed by atoms with E-state index in [1.807, 2.05) is 47.4 Å². The lowest BCUT2D eigenvalue weighted by molar-refractivity contribution is 0.200. The number of benzene rings is 1. The molecular weight excluding hydrogens is 326 g/mol. The number of hydrogen-bond acceptors (Lipinski definition) is 5. The maximum Gasteiger partial charge on any atom is 0.247 e. The fourth-order valence-electron chi connectivity index (χ4n) is 3.13. The van der Waals surface area contributed by atoms with Crippen LogP contribution in [0.15, 0.2) is 47.1 Å². The molecule has 1 fully saturated rings. The first-order valence-electron chi connectivity index (χ1n) is 8.08. The summed E-state index contributed by atoms with van der Waals surface area (Å²) in [6.07, 6.45) is 6.17. The van der Waals surface area contributed by atoms with E-state index in [4.69, 9.17) is 16.0 Å². The van der Waals surface area contributed by atoms with E-state index < -0.39 is 0 Å². The highest BCUT2D eigenvalue weighted by molar-refractivity contribution is 6.30. The van der Waals surface area contributed by atoms with Crippen molar-refractivity contribution in [1.82, 2.24) is 24.9 Å². The first-order valence-corrected chi connectivity index (χ1v) is 8.45. The lowest BCUT2D eigenvalue weighted by atomic mass is 10.2. The fraction of sp³-hybridized carbons (Fsp3) is 0.353. The van der Waals surface area contributed by atoms with E-state index in [2.05, 4.69) is 20.2 Å². The van der Waals surface area contributed by atoms with Gasteiger partial charge >= 0.3 is 0 Å². The molecule has 1 unspecified atom stereocenters. The predicted molar refractivity (Wildman–Crippen MR) is 90.4 cm³/mol. The van der Waals surface area contributed by atoms with Crippen LogP contribution in [0.5, 0.6) is 0 Å². The lowest BCUT2D eigenvalue weighted by Gasteiger charge is -2.22. The maximum absolute atomic E-state index is 5.91. The van der Waals surface area contributed by atoms with Crippen LogP contribution >= 0.6 is 11.6 Å². The minimum absolute atomic E-state index is 0.454. The minimum atomic E-state index is 0.454. The molecule has 3 aromatic rings. The summed E-state index contributed by atoms with van der Waals surface area (Å²) in [6, 6.07) is 9.82. The Bertz CT molecular complexity index is 784. The van der Waals surface area contributed by atoms with Gasteiger partial charge in [-0.1, -0.05) is 11.6 Å². The van der Waals surface area contributed by atoms with Gasteiger partial charge in [0, 0.05) is 29.0 Å². The minimum Gasteiger partial charge on any atom is -0.419 e. The number of rotatable bonds is 5. The smallest absolute Gasteiger partial charge is 0.247 e. The molecule has 0 radical (unpaired) electrons. The SMILES string of the molecule is Clc1ccc(-c2nnc(CN3CCCC3Cn3cccn3)o2)cc1. The van der Waals surface area contributed by atoms with Crippen LogP contribution < -0.4 is 0 Å². The van der Waals surface area contributed by atoms with E-state index in [1.165, 1.54) is 6.42 Å². The zero-order valence-electron chi connectivity index (χ0n) is 13.2. The largest absolute Gasteiger partial charge is 0.419 e. The Morgan fingerprint density at radius 3 is 2.88 bits per heavy atom. The summed E-state index contributed by atoms with van der Waals surface area (Å²) in [7, 11) is 0. The standard InChI is InChI=1S/C17H18ClN5O/c18-14-6-4-13(5-7-14)17-21-20-16(24-17)12-22-9-1-3-15(22)11-23-10-2-8-19-23/h2,4-8,10,15H,1,3,9,11-12H2. The quantitative estimate of drug-likeness (QED) is 0.711. The number of hydrogen-bond donors (Lipinski definition) is 0. The summed E-state index contributed by atoms with van der Waals surface area (Å²) in [5, 5.41) is 13.3. The third kappa shape index (κ3) is 3.34. The first kappa shape index (κ1) is 15.4. The van der Waals surface area contributed by atoms with E-state index in [0.717, 1.165) is 25.1 Å². The van der Waals surface area contributed by atoms with Crippen LogP contribution in [0.3, 0.4) is 0 Å². The van der Waals surface area contributed by atoms with Crippen molar-refractivity contribution in [2.75, 3.05) is 6.54 Å². The van der Waals surface area contributed by atoms with Crippen molar-refractivity contribution in [3.05, 3.63) is 53.6 Å². The highest BCUT2D eigenvalue weighted by Gasteiger charge is 2.26. The van der Waals surface area contributed by atoms with Gasteiger partial charge in [-0.05, 0) is 49.7 Å². The molecule has 7 heteroatoms. The Labute approximate surface area is 145 Å². The molecule has 0 aliphatic carbocycles. The second-order valence-electron chi connectivity index (χ2n) is 6.00. The van der Waals surface area contributed by atoms with Crippen LogP contribution in [-0.2, 0) is 13.1 Å². The third-order valence-corrected chi connectivity index (χ3v) is 4.60. The number of aromatic nitrogens is 4. The number of halogens is 1. The third-order valence-electron chi connectivity index (χ3n) is 4.35. The van der Waals surface area contributed by atoms with Gasteiger partial charge < -0.3 is 4.42 Å². The number of nitrogens with zero attached hydrogens (tertiary/aromatic N) is 5. The van der Waals surface area contributed by atoms with E-state index in [1.54, 1.807) is 0 Å². The van der Waals surface area contributed by atoms with Gasteiger partial charge in [-0.3, -0.25) is 9.58 Å². The van der Waals surface area contributed by atoms with Crippen molar-refractivity contribution >= 4 is 11.6 Å². The lowest BCUT2D eigenvalue weighted by Crippen LogP contribution is -2.32. The molecule has 1 aromatic carbocycles. The summed E-state index contributed by atoms with van der Waals surface area (Å²) < 4.78 is 7.81. The molecule has 0 saturated carbocycles. The Morgan fingerprint density at radius 1 is 1.21 bits per heavy atom. The Morgan fingerprint density at radius 2 is 2.08 bits per heavy atom. The molecule has 2 aromatic heterocycles. The first-order chi connectivity index (χ1) is 11.8. The topological polar surface area (TPSA) is 60.0 Å². The van der Waals surface area contributed by atoms with Gasteiger partial charge in [0.2, 0.25) is 11.8 Å². The molecule has 3 heterocycles. The van der Waals surface area contributed by atoms with Crippen molar-refractivity contribution in [1.29, 1.82) is 0 Å². The van der Waals surface area contributed by atoms with Crippen LogP contribution in [-0.4, -0.2) is 37.5 Å². The zero-order chi connectivity index (χ0) is 16.4. The molecule has 4 rings (SSSR count). The monoisotopic (exact) mass is 343 g/mol. The fourth-order valence-corrected chi connectivity index (χ4v) is 3.26. The van der Waals surface area contributed by atoms with Gasteiger partial charge in [0.15, 0.2) is 0 Å². The Balaban J connectivity index is 1.44. The van der Waals surface area contributed by atoms with Crippen molar-refractivity contribution in [2.24, 2.45) is 0 Å². The van der Waals surface area contributed by atoms with Crippen LogP contribution in [0.1, 0.15) is 18.7 Å². The molecule has 0 bridgehead atoms. The van der Waals surface area contributed by atoms with Crippen LogP contribution in [0.4, 0.5) is 0 Å². The molecule has 124 valence electrons. The van der Waals surface area contributed by atoms with E-state index in [0.29, 0.717) is 29.4 Å². The van der Waals surface area contributed by atoms with Gasteiger partial charge in [-0.25, -0.2) is 0 Å².